The third-order valence-corrected chi connectivity index (χ3v) is 2.05. The fourth-order valence-corrected chi connectivity index (χ4v) is 0.938. The van der Waals surface area contributed by atoms with Gasteiger partial charge in [-0.1, -0.05) is 12.7 Å². The molecular formula is C10H17NO4. The van der Waals surface area contributed by atoms with Crippen LogP contribution in [0.15, 0.2) is 12.7 Å². The summed E-state index contributed by atoms with van der Waals surface area (Å²) in [6.07, 6.45) is 1.47. The topological polar surface area (TPSA) is 66.8 Å². The molecule has 0 aliphatic heterocycles. The number of aliphatic carboxylic acids is 1. The van der Waals surface area contributed by atoms with E-state index in [1.165, 1.54) is 11.0 Å². The number of hydrogen-bond acceptors (Lipinski definition) is 3. The van der Waals surface area contributed by atoms with E-state index in [2.05, 4.69) is 6.58 Å². The largest absolute Gasteiger partial charge is 0.481 e. The summed E-state index contributed by atoms with van der Waals surface area (Å²) < 4.78 is 4.80. The summed E-state index contributed by atoms with van der Waals surface area (Å²) >= 11 is 0. The van der Waals surface area contributed by atoms with Gasteiger partial charge in [0.1, 0.15) is 6.61 Å². The van der Waals surface area contributed by atoms with Crippen LogP contribution in [0.3, 0.4) is 0 Å². The molecule has 1 atom stereocenters. The van der Waals surface area contributed by atoms with Gasteiger partial charge < -0.3 is 14.7 Å². The van der Waals surface area contributed by atoms with Gasteiger partial charge in [-0.2, -0.15) is 0 Å². The number of carboxylic acids is 1. The van der Waals surface area contributed by atoms with E-state index in [0.717, 1.165) is 0 Å². The van der Waals surface area contributed by atoms with Gasteiger partial charge in [0.25, 0.3) is 0 Å². The Morgan fingerprint density at radius 3 is 2.67 bits per heavy atom. The fourth-order valence-electron chi connectivity index (χ4n) is 0.938. The molecule has 0 radical (unpaired) electrons. The highest BCUT2D eigenvalue weighted by atomic mass is 16.6. The first-order chi connectivity index (χ1) is 6.99. The van der Waals surface area contributed by atoms with Gasteiger partial charge in [0, 0.05) is 19.5 Å². The van der Waals surface area contributed by atoms with Crippen molar-refractivity contribution in [1.82, 2.24) is 4.90 Å². The Hall–Kier alpha value is -1.52. The van der Waals surface area contributed by atoms with Crippen LogP contribution in [0, 0.1) is 0 Å². The fraction of sp³-hybridized carbons (Fsp3) is 0.600. The number of amides is 1. The first kappa shape index (κ1) is 13.5. The lowest BCUT2D eigenvalue weighted by Gasteiger charge is -2.23. The zero-order chi connectivity index (χ0) is 11.8. The van der Waals surface area contributed by atoms with Crippen LogP contribution in [0.1, 0.15) is 19.8 Å². The van der Waals surface area contributed by atoms with Crippen LogP contribution in [-0.4, -0.2) is 41.8 Å². The summed E-state index contributed by atoms with van der Waals surface area (Å²) in [5.41, 5.74) is 0. The summed E-state index contributed by atoms with van der Waals surface area (Å²) in [4.78, 5) is 23.0. The summed E-state index contributed by atoms with van der Waals surface area (Å²) in [5.74, 6) is -0.866. The summed E-state index contributed by atoms with van der Waals surface area (Å²) in [6.45, 7) is 5.36. The van der Waals surface area contributed by atoms with Gasteiger partial charge in [0.2, 0.25) is 0 Å². The molecule has 0 rings (SSSR count). The Balaban J connectivity index is 3.95. The molecule has 0 aromatic rings. The number of ether oxygens (including phenoxy) is 1. The van der Waals surface area contributed by atoms with Crippen LogP contribution in [0.5, 0.6) is 0 Å². The maximum absolute atomic E-state index is 11.3. The Labute approximate surface area is 89.3 Å². The zero-order valence-electron chi connectivity index (χ0n) is 9.10. The third kappa shape index (κ3) is 5.72. The highest BCUT2D eigenvalue weighted by Gasteiger charge is 2.17. The molecule has 0 aliphatic rings. The average molecular weight is 215 g/mol. The molecular weight excluding hydrogens is 198 g/mol. The first-order valence-electron chi connectivity index (χ1n) is 4.71. The van der Waals surface area contributed by atoms with Crippen LogP contribution in [-0.2, 0) is 9.53 Å². The lowest BCUT2D eigenvalue weighted by Crippen LogP contribution is -2.35. The van der Waals surface area contributed by atoms with E-state index >= 15 is 0 Å². The predicted molar refractivity (Wildman–Crippen MR) is 55.6 cm³/mol. The van der Waals surface area contributed by atoms with E-state index in [0.29, 0.717) is 6.42 Å². The molecule has 1 unspecified atom stereocenters. The van der Waals surface area contributed by atoms with Crippen molar-refractivity contribution in [3.05, 3.63) is 12.7 Å². The van der Waals surface area contributed by atoms with Crippen molar-refractivity contribution in [2.24, 2.45) is 0 Å². The lowest BCUT2D eigenvalue weighted by molar-refractivity contribution is -0.137. The second-order valence-corrected chi connectivity index (χ2v) is 3.26. The molecule has 0 saturated heterocycles. The zero-order valence-corrected chi connectivity index (χ0v) is 9.10. The van der Waals surface area contributed by atoms with Crippen molar-refractivity contribution in [2.45, 2.75) is 25.8 Å². The standard InChI is InChI=1S/C10H17NO4/c1-4-7-15-10(14)11(3)8(2)5-6-9(12)13/h4,8H,1,5-7H2,2-3H3,(H,12,13). The van der Waals surface area contributed by atoms with Gasteiger partial charge in [-0.05, 0) is 13.3 Å². The van der Waals surface area contributed by atoms with Gasteiger partial charge in [-0.15, -0.1) is 0 Å². The van der Waals surface area contributed by atoms with Crippen molar-refractivity contribution in [3.63, 3.8) is 0 Å². The monoisotopic (exact) mass is 215 g/mol. The van der Waals surface area contributed by atoms with Gasteiger partial charge in [0.05, 0.1) is 0 Å². The van der Waals surface area contributed by atoms with Crippen molar-refractivity contribution in [1.29, 1.82) is 0 Å². The Morgan fingerprint density at radius 1 is 1.60 bits per heavy atom. The molecule has 0 aromatic heterocycles. The number of nitrogens with zero attached hydrogens (tertiary/aromatic N) is 1. The SMILES string of the molecule is C=CCOC(=O)N(C)C(C)CCC(=O)O. The van der Waals surface area contributed by atoms with Crippen molar-refractivity contribution in [3.8, 4) is 0 Å². The minimum atomic E-state index is -0.866. The van der Waals surface area contributed by atoms with E-state index in [1.807, 2.05) is 0 Å². The molecule has 5 nitrogen and oxygen atoms in total. The number of carbonyl (C=O) groups excluding carboxylic acids is 1. The lowest BCUT2D eigenvalue weighted by atomic mass is 10.2. The molecule has 0 aliphatic carbocycles. The predicted octanol–water partition coefficient (Wildman–Crippen LogP) is 1.49. The maximum Gasteiger partial charge on any atom is 0.410 e. The molecule has 0 aromatic carbocycles. The van der Waals surface area contributed by atoms with E-state index in [-0.39, 0.29) is 19.1 Å². The van der Waals surface area contributed by atoms with E-state index < -0.39 is 12.1 Å². The number of carbonyl (C=O) groups is 2. The van der Waals surface area contributed by atoms with Crippen molar-refractivity contribution >= 4 is 12.1 Å². The average Bonchev–Trinajstić information content (AvgIpc) is 2.21. The molecule has 0 fully saturated rings. The number of carboxylic acid groups (broad SMARTS) is 1. The van der Waals surface area contributed by atoms with Crippen LogP contribution >= 0.6 is 0 Å². The molecule has 1 N–H and O–H groups in total. The third-order valence-electron chi connectivity index (χ3n) is 2.05. The van der Waals surface area contributed by atoms with Crippen LogP contribution in [0.2, 0.25) is 0 Å². The van der Waals surface area contributed by atoms with E-state index in [9.17, 15) is 9.59 Å². The summed E-state index contributed by atoms with van der Waals surface area (Å²) in [7, 11) is 1.58. The van der Waals surface area contributed by atoms with Crippen molar-refractivity contribution in [2.75, 3.05) is 13.7 Å². The molecule has 0 saturated carbocycles. The molecule has 0 spiro atoms. The molecule has 1 amide bonds. The smallest absolute Gasteiger partial charge is 0.410 e. The second kappa shape index (κ2) is 6.86. The Bertz CT molecular complexity index is 240. The van der Waals surface area contributed by atoms with Gasteiger partial charge in [0.15, 0.2) is 0 Å². The highest BCUT2D eigenvalue weighted by Crippen LogP contribution is 2.06. The second-order valence-electron chi connectivity index (χ2n) is 3.26. The van der Waals surface area contributed by atoms with Crippen molar-refractivity contribution < 1.29 is 19.4 Å². The van der Waals surface area contributed by atoms with Crippen LogP contribution < -0.4 is 0 Å². The summed E-state index contributed by atoms with van der Waals surface area (Å²) in [6, 6.07) is -0.154. The quantitative estimate of drug-likeness (QED) is 0.682. The van der Waals surface area contributed by atoms with E-state index in [4.69, 9.17) is 9.84 Å². The van der Waals surface area contributed by atoms with Gasteiger partial charge in [-0.3, -0.25) is 4.79 Å². The number of hydrogen-bond donors (Lipinski definition) is 1. The minimum Gasteiger partial charge on any atom is -0.481 e. The van der Waals surface area contributed by atoms with Gasteiger partial charge in [-0.25, -0.2) is 4.79 Å². The van der Waals surface area contributed by atoms with Gasteiger partial charge >= 0.3 is 12.1 Å². The Kier molecular flexibility index (Phi) is 6.17. The molecule has 0 heterocycles. The molecule has 5 heteroatoms. The highest BCUT2D eigenvalue weighted by molar-refractivity contribution is 5.68. The molecule has 15 heavy (non-hydrogen) atoms. The first-order valence-corrected chi connectivity index (χ1v) is 4.71. The van der Waals surface area contributed by atoms with E-state index in [1.54, 1.807) is 14.0 Å². The maximum atomic E-state index is 11.3. The molecule has 0 bridgehead atoms. The number of rotatable bonds is 6. The minimum absolute atomic E-state index is 0.0419. The molecule has 86 valence electrons. The summed E-state index contributed by atoms with van der Waals surface area (Å²) in [5, 5.41) is 8.48. The van der Waals surface area contributed by atoms with Crippen LogP contribution in [0.25, 0.3) is 0 Å². The normalized spacial score (nSPS) is 11.6. The Morgan fingerprint density at radius 2 is 2.20 bits per heavy atom. The van der Waals surface area contributed by atoms with Crippen LogP contribution in [0.4, 0.5) is 4.79 Å².